The van der Waals surface area contributed by atoms with E-state index in [0.717, 1.165) is 10.4 Å². The van der Waals surface area contributed by atoms with Gasteiger partial charge in [-0.3, -0.25) is 9.10 Å². The van der Waals surface area contributed by atoms with Crippen LogP contribution < -0.4 is 9.62 Å². The van der Waals surface area contributed by atoms with E-state index in [-0.39, 0.29) is 34.6 Å². The smallest absolute Gasteiger partial charge is 0.417 e. The Kier molecular flexibility index (Phi) is 7.31. The maximum absolute atomic E-state index is 13.9. The molecule has 0 radical (unpaired) electrons. The molecule has 0 bridgehead atoms. The van der Waals surface area contributed by atoms with E-state index >= 15 is 0 Å². The van der Waals surface area contributed by atoms with Gasteiger partial charge in [-0.05, 0) is 58.7 Å². The first-order chi connectivity index (χ1) is 19.5. The second kappa shape index (κ2) is 10.7. The highest BCUT2D eigenvalue weighted by Gasteiger charge is 2.42. The number of anilines is 1. The maximum atomic E-state index is 13.9. The van der Waals surface area contributed by atoms with E-state index in [2.05, 4.69) is 5.32 Å². The zero-order chi connectivity index (χ0) is 29.4. The number of aromatic carboxylic acids is 1. The number of fused-ring (bicyclic) bond motifs is 1. The van der Waals surface area contributed by atoms with Crippen molar-refractivity contribution in [2.75, 3.05) is 4.31 Å². The van der Waals surface area contributed by atoms with Gasteiger partial charge in [0.05, 0.1) is 21.7 Å². The van der Waals surface area contributed by atoms with Crippen LogP contribution in [-0.4, -0.2) is 31.4 Å². The van der Waals surface area contributed by atoms with Crippen molar-refractivity contribution >= 4 is 27.6 Å². The molecule has 0 saturated heterocycles. The fraction of sp³-hybridized carbons (Fsp3) is 0.133. The average Bonchev–Trinajstić information content (AvgIpc) is 3.36. The van der Waals surface area contributed by atoms with Crippen LogP contribution in [0.5, 0.6) is 0 Å². The van der Waals surface area contributed by atoms with E-state index < -0.39 is 39.7 Å². The number of carbonyl (C=O) groups excluding carboxylic acids is 1. The highest BCUT2D eigenvalue weighted by Crippen LogP contribution is 2.39. The second-order valence-corrected chi connectivity index (χ2v) is 11.3. The molecule has 0 fully saturated rings. The van der Waals surface area contributed by atoms with Crippen LogP contribution >= 0.6 is 0 Å². The predicted octanol–water partition coefficient (Wildman–Crippen LogP) is 5.51. The molecule has 5 rings (SSSR count). The van der Waals surface area contributed by atoms with E-state index in [9.17, 15) is 31.2 Å². The third-order valence-electron chi connectivity index (χ3n) is 6.85. The molecule has 11 heteroatoms. The third kappa shape index (κ3) is 5.53. The molecule has 0 spiro atoms. The van der Waals surface area contributed by atoms with Crippen molar-refractivity contribution in [3.8, 4) is 11.1 Å². The van der Waals surface area contributed by atoms with Crippen LogP contribution in [-0.2, 0) is 34.0 Å². The number of nitrogens with one attached hydrogen (secondary N) is 1. The molecular formula is C30H23F3N2O5S. The van der Waals surface area contributed by atoms with Crippen molar-refractivity contribution in [1.29, 1.82) is 0 Å². The Labute approximate surface area is 233 Å². The summed E-state index contributed by atoms with van der Waals surface area (Å²) in [7, 11) is -4.30. The number of carbonyl (C=O) groups is 2. The summed E-state index contributed by atoms with van der Waals surface area (Å²) in [4.78, 5) is 24.2. The predicted molar refractivity (Wildman–Crippen MR) is 146 cm³/mol. The van der Waals surface area contributed by atoms with Crippen LogP contribution in [0.2, 0.25) is 0 Å². The minimum absolute atomic E-state index is 0.0484. The van der Waals surface area contributed by atoms with Crippen molar-refractivity contribution in [3.63, 3.8) is 0 Å². The fourth-order valence-corrected chi connectivity index (χ4v) is 6.48. The lowest BCUT2D eigenvalue weighted by Gasteiger charge is -2.26. The first-order valence-electron chi connectivity index (χ1n) is 12.5. The summed E-state index contributed by atoms with van der Waals surface area (Å²) in [6.45, 7) is 0.0484. The number of benzene rings is 4. The Morgan fingerprint density at radius 2 is 1.51 bits per heavy atom. The lowest BCUT2D eigenvalue weighted by molar-refractivity contribution is -0.137. The standard InChI is InChI=1S/C30H23F3N2O5S/c31-30(32,33)25-7-3-2-6-24(25)20-13-15-23(16-14-20)41(39,40)35-26-8-4-1-5-22(26)17-27(35)28(36)34-18-19-9-11-21(12-10-19)29(37)38/h1-16,27H,17-18H2,(H,34,36)(H,37,38)/t27-/m0/s1. The Bertz CT molecular complexity index is 1720. The van der Waals surface area contributed by atoms with Crippen LogP contribution in [0.25, 0.3) is 11.1 Å². The number of hydrogen-bond donors (Lipinski definition) is 2. The summed E-state index contributed by atoms with van der Waals surface area (Å²) in [6.07, 6.45) is -4.46. The number of para-hydroxylation sites is 1. The monoisotopic (exact) mass is 580 g/mol. The van der Waals surface area contributed by atoms with Crippen LogP contribution in [0, 0.1) is 0 Å². The highest BCUT2D eigenvalue weighted by atomic mass is 32.2. The van der Waals surface area contributed by atoms with Crippen LogP contribution in [0.15, 0.2) is 102 Å². The number of rotatable bonds is 7. The third-order valence-corrected chi connectivity index (χ3v) is 8.69. The Morgan fingerprint density at radius 3 is 2.17 bits per heavy atom. The van der Waals surface area contributed by atoms with Crippen molar-refractivity contribution in [3.05, 3.63) is 119 Å². The number of carboxylic acids is 1. The second-order valence-electron chi connectivity index (χ2n) is 9.44. The van der Waals surface area contributed by atoms with Crippen molar-refractivity contribution < 1.29 is 36.3 Å². The topological polar surface area (TPSA) is 104 Å². The Morgan fingerprint density at radius 1 is 0.878 bits per heavy atom. The van der Waals surface area contributed by atoms with Gasteiger partial charge >= 0.3 is 12.1 Å². The summed E-state index contributed by atoms with van der Waals surface area (Å²) in [5.74, 6) is -1.63. The van der Waals surface area contributed by atoms with Gasteiger partial charge in [-0.2, -0.15) is 13.2 Å². The number of halogens is 3. The quantitative estimate of drug-likeness (QED) is 0.300. The number of nitrogens with zero attached hydrogens (tertiary/aromatic N) is 1. The molecule has 1 aliphatic rings. The average molecular weight is 581 g/mol. The summed E-state index contributed by atoms with van der Waals surface area (Å²) in [6, 6.07) is 21.7. The fourth-order valence-electron chi connectivity index (χ4n) is 4.83. The highest BCUT2D eigenvalue weighted by molar-refractivity contribution is 7.93. The van der Waals surface area contributed by atoms with Gasteiger partial charge in [0.25, 0.3) is 10.0 Å². The minimum Gasteiger partial charge on any atom is -0.478 e. The zero-order valence-corrected chi connectivity index (χ0v) is 22.1. The maximum Gasteiger partial charge on any atom is 0.417 e. The SMILES string of the molecule is O=C(O)c1ccc(CNC(=O)[C@@H]2Cc3ccccc3N2S(=O)(=O)c2ccc(-c3ccccc3C(F)(F)F)cc2)cc1. The molecule has 2 N–H and O–H groups in total. The van der Waals surface area contributed by atoms with Gasteiger partial charge in [0.1, 0.15) is 6.04 Å². The number of sulfonamides is 1. The summed E-state index contributed by atoms with van der Waals surface area (Å²) in [5.41, 5.74) is 0.992. The number of alkyl halides is 3. The molecule has 0 aromatic heterocycles. The molecule has 210 valence electrons. The van der Waals surface area contributed by atoms with Crippen LogP contribution in [0.3, 0.4) is 0 Å². The molecule has 7 nitrogen and oxygen atoms in total. The van der Waals surface area contributed by atoms with E-state index in [0.29, 0.717) is 16.8 Å². The molecule has 0 unspecified atom stereocenters. The lowest BCUT2D eigenvalue weighted by Crippen LogP contribution is -2.47. The number of carboxylic acid groups (broad SMARTS) is 1. The van der Waals surface area contributed by atoms with Crippen molar-refractivity contribution in [2.45, 2.75) is 30.1 Å². The summed E-state index contributed by atoms with van der Waals surface area (Å²) in [5, 5.41) is 11.8. The van der Waals surface area contributed by atoms with Gasteiger partial charge in [-0.15, -0.1) is 0 Å². The molecule has 1 amide bonds. The van der Waals surface area contributed by atoms with E-state index in [1.807, 2.05) is 0 Å². The molecule has 0 aliphatic carbocycles. The molecule has 1 heterocycles. The van der Waals surface area contributed by atoms with Gasteiger partial charge in [0.15, 0.2) is 0 Å². The Balaban J connectivity index is 1.43. The van der Waals surface area contributed by atoms with E-state index in [4.69, 9.17) is 5.11 Å². The Hall–Kier alpha value is -4.64. The molecular weight excluding hydrogens is 557 g/mol. The van der Waals surface area contributed by atoms with Gasteiger partial charge in [-0.25, -0.2) is 13.2 Å². The summed E-state index contributed by atoms with van der Waals surface area (Å²) >= 11 is 0. The van der Waals surface area contributed by atoms with Crippen molar-refractivity contribution in [1.82, 2.24) is 5.32 Å². The first kappa shape index (κ1) is 27.9. The molecule has 1 atom stereocenters. The van der Waals surface area contributed by atoms with Gasteiger partial charge in [0.2, 0.25) is 5.91 Å². The van der Waals surface area contributed by atoms with E-state index in [1.165, 1.54) is 54.6 Å². The van der Waals surface area contributed by atoms with Gasteiger partial charge in [-0.1, -0.05) is 60.7 Å². The summed E-state index contributed by atoms with van der Waals surface area (Å²) < 4.78 is 69.4. The largest absolute Gasteiger partial charge is 0.478 e. The number of hydrogen-bond acceptors (Lipinski definition) is 4. The molecule has 41 heavy (non-hydrogen) atoms. The zero-order valence-electron chi connectivity index (χ0n) is 21.3. The van der Waals surface area contributed by atoms with Gasteiger partial charge < -0.3 is 10.4 Å². The van der Waals surface area contributed by atoms with Crippen LogP contribution in [0.1, 0.15) is 27.0 Å². The number of amides is 1. The molecule has 4 aromatic rings. The normalized spacial score (nSPS) is 14.9. The van der Waals surface area contributed by atoms with Crippen molar-refractivity contribution in [2.24, 2.45) is 0 Å². The lowest BCUT2D eigenvalue weighted by atomic mass is 9.99. The molecule has 1 aliphatic heterocycles. The molecule has 4 aromatic carbocycles. The van der Waals surface area contributed by atoms with Crippen LogP contribution in [0.4, 0.5) is 18.9 Å². The molecule has 0 saturated carbocycles. The minimum atomic E-state index is -4.58. The van der Waals surface area contributed by atoms with E-state index in [1.54, 1.807) is 36.4 Å². The first-order valence-corrected chi connectivity index (χ1v) is 13.9. The van der Waals surface area contributed by atoms with Gasteiger partial charge in [0, 0.05) is 13.0 Å².